The van der Waals surface area contributed by atoms with Gasteiger partial charge in [0.25, 0.3) is 0 Å². The second-order valence-electron chi connectivity index (χ2n) is 7.99. The second-order valence-corrected chi connectivity index (χ2v) is 7.99. The summed E-state index contributed by atoms with van der Waals surface area (Å²) in [5.41, 5.74) is 1.85. The van der Waals surface area contributed by atoms with E-state index < -0.39 is 0 Å². The Kier molecular flexibility index (Phi) is 6.02. The quantitative estimate of drug-likeness (QED) is 0.713. The fourth-order valence-electron chi connectivity index (χ4n) is 4.48. The summed E-state index contributed by atoms with van der Waals surface area (Å²) >= 11 is 0. The summed E-state index contributed by atoms with van der Waals surface area (Å²) in [7, 11) is 4.80. The zero-order chi connectivity index (χ0) is 22.0. The predicted octanol–water partition coefficient (Wildman–Crippen LogP) is 3.08. The lowest BCUT2D eigenvalue weighted by Gasteiger charge is -2.22. The largest absolute Gasteiger partial charge is 0.497 e. The Morgan fingerprint density at radius 3 is 2.32 bits per heavy atom. The summed E-state index contributed by atoms with van der Waals surface area (Å²) in [6.45, 7) is 1.74. The lowest BCUT2D eigenvalue weighted by atomic mass is 9.98. The maximum atomic E-state index is 13.2. The lowest BCUT2D eigenvalue weighted by molar-refractivity contribution is -0.134. The van der Waals surface area contributed by atoms with Gasteiger partial charge in [0.05, 0.1) is 32.9 Å². The number of hydrogen-bond acceptors (Lipinski definition) is 5. The second kappa shape index (κ2) is 8.88. The SMILES string of the molecule is COc1ccc(C2CCN(C(=O)C3CC(=O)N(c4cc(OC)ccc4OC)C3)C2)cc1. The molecule has 0 spiro atoms. The van der Waals surface area contributed by atoms with E-state index in [2.05, 4.69) is 12.1 Å². The van der Waals surface area contributed by atoms with Crippen molar-refractivity contribution in [3.8, 4) is 17.2 Å². The minimum absolute atomic E-state index is 0.0497. The molecule has 2 unspecified atom stereocenters. The molecule has 0 N–H and O–H groups in total. The van der Waals surface area contributed by atoms with Crippen molar-refractivity contribution >= 4 is 17.5 Å². The van der Waals surface area contributed by atoms with Gasteiger partial charge in [0.15, 0.2) is 0 Å². The summed E-state index contributed by atoms with van der Waals surface area (Å²) in [6, 6.07) is 13.4. The van der Waals surface area contributed by atoms with Crippen LogP contribution in [0.25, 0.3) is 0 Å². The molecule has 31 heavy (non-hydrogen) atoms. The molecule has 0 bridgehead atoms. The average Bonchev–Trinajstić information content (AvgIpc) is 3.45. The van der Waals surface area contributed by atoms with E-state index in [9.17, 15) is 9.59 Å². The van der Waals surface area contributed by atoms with Crippen LogP contribution in [-0.2, 0) is 9.59 Å². The highest BCUT2D eigenvalue weighted by Gasteiger charge is 2.40. The van der Waals surface area contributed by atoms with Crippen LogP contribution in [0.3, 0.4) is 0 Å². The van der Waals surface area contributed by atoms with Crippen LogP contribution in [0.1, 0.15) is 24.3 Å². The number of hydrogen-bond donors (Lipinski definition) is 0. The molecule has 2 fully saturated rings. The molecular formula is C24H28N2O5. The maximum absolute atomic E-state index is 13.2. The molecule has 2 saturated heterocycles. The minimum atomic E-state index is -0.349. The highest BCUT2D eigenvalue weighted by atomic mass is 16.5. The van der Waals surface area contributed by atoms with Crippen molar-refractivity contribution < 1.29 is 23.8 Å². The fraction of sp³-hybridized carbons (Fsp3) is 0.417. The Morgan fingerprint density at radius 1 is 0.935 bits per heavy atom. The van der Waals surface area contributed by atoms with Gasteiger partial charge in [0.2, 0.25) is 11.8 Å². The van der Waals surface area contributed by atoms with Crippen LogP contribution in [-0.4, -0.2) is 57.7 Å². The fourth-order valence-corrected chi connectivity index (χ4v) is 4.48. The number of amides is 2. The van der Waals surface area contributed by atoms with Crippen LogP contribution in [0.4, 0.5) is 5.69 Å². The Bertz CT molecular complexity index is 959. The van der Waals surface area contributed by atoms with Crippen molar-refractivity contribution in [2.24, 2.45) is 5.92 Å². The van der Waals surface area contributed by atoms with Crippen molar-refractivity contribution in [1.29, 1.82) is 0 Å². The van der Waals surface area contributed by atoms with Crippen LogP contribution >= 0.6 is 0 Å². The first-order valence-corrected chi connectivity index (χ1v) is 10.5. The first kappa shape index (κ1) is 21.0. The van der Waals surface area contributed by atoms with Crippen molar-refractivity contribution in [2.75, 3.05) is 45.9 Å². The van der Waals surface area contributed by atoms with Gasteiger partial charge in [-0.15, -0.1) is 0 Å². The average molecular weight is 424 g/mol. The standard InChI is InChI=1S/C24H28N2O5/c1-29-19-6-4-16(5-7-19)17-10-11-25(14-17)24(28)18-12-23(27)26(15-18)21-13-20(30-2)8-9-22(21)31-3/h4-9,13,17-18H,10-12,14-15H2,1-3H3. The summed E-state index contributed by atoms with van der Waals surface area (Å²) in [5.74, 6) is 1.99. The zero-order valence-electron chi connectivity index (χ0n) is 18.2. The topological polar surface area (TPSA) is 68.3 Å². The monoisotopic (exact) mass is 424 g/mol. The van der Waals surface area contributed by atoms with Gasteiger partial charge in [-0.25, -0.2) is 0 Å². The molecule has 0 aliphatic carbocycles. The highest BCUT2D eigenvalue weighted by Crippen LogP contribution is 2.37. The molecule has 164 valence electrons. The third kappa shape index (κ3) is 4.17. The van der Waals surface area contributed by atoms with E-state index in [1.807, 2.05) is 17.0 Å². The predicted molar refractivity (Wildman–Crippen MR) is 117 cm³/mol. The van der Waals surface area contributed by atoms with Crippen LogP contribution in [0.2, 0.25) is 0 Å². The molecule has 2 heterocycles. The number of anilines is 1. The summed E-state index contributed by atoms with van der Waals surface area (Å²) < 4.78 is 16.0. The Morgan fingerprint density at radius 2 is 1.65 bits per heavy atom. The molecule has 2 amide bonds. The van der Waals surface area contributed by atoms with Gasteiger partial charge < -0.3 is 24.0 Å². The first-order valence-electron chi connectivity index (χ1n) is 10.5. The molecule has 2 aromatic rings. The van der Waals surface area contributed by atoms with Gasteiger partial charge in [-0.3, -0.25) is 9.59 Å². The third-order valence-electron chi connectivity index (χ3n) is 6.24. The smallest absolute Gasteiger partial charge is 0.228 e. The van der Waals surface area contributed by atoms with Crippen molar-refractivity contribution in [1.82, 2.24) is 4.90 Å². The maximum Gasteiger partial charge on any atom is 0.228 e. The molecule has 0 radical (unpaired) electrons. The molecule has 2 aliphatic rings. The van der Waals surface area contributed by atoms with E-state index in [1.54, 1.807) is 44.4 Å². The highest BCUT2D eigenvalue weighted by molar-refractivity contribution is 6.01. The molecule has 7 heteroatoms. The third-order valence-corrected chi connectivity index (χ3v) is 6.24. The summed E-state index contributed by atoms with van der Waals surface area (Å²) in [5, 5.41) is 0. The van der Waals surface area contributed by atoms with Gasteiger partial charge in [-0.2, -0.15) is 0 Å². The number of likely N-dealkylation sites (tertiary alicyclic amines) is 1. The molecular weight excluding hydrogens is 396 g/mol. The molecule has 0 aromatic heterocycles. The number of carbonyl (C=O) groups is 2. The zero-order valence-corrected chi connectivity index (χ0v) is 18.2. The van der Waals surface area contributed by atoms with E-state index in [4.69, 9.17) is 14.2 Å². The molecule has 4 rings (SSSR count). The molecule has 0 saturated carbocycles. The van der Waals surface area contributed by atoms with E-state index in [-0.39, 0.29) is 24.2 Å². The number of benzene rings is 2. The van der Waals surface area contributed by atoms with Crippen molar-refractivity contribution in [3.63, 3.8) is 0 Å². The molecule has 2 aromatic carbocycles. The number of carbonyl (C=O) groups excluding carboxylic acids is 2. The van der Waals surface area contributed by atoms with Crippen LogP contribution in [0.5, 0.6) is 17.2 Å². The molecule has 7 nitrogen and oxygen atoms in total. The van der Waals surface area contributed by atoms with Gasteiger partial charge in [0.1, 0.15) is 17.2 Å². The van der Waals surface area contributed by atoms with Crippen LogP contribution in [0, 0.1) is 5.92 Å². The summed E-state index contributed by atoms with van der Waals surface area (Å²) in [6.07, 6.45) is 1.13. The Hall–Kier alpha value is -3.22. The van der Waals surface area contributed by atoms with Crippen molar-refractivity contribution in [2.45, 2.75) is 18.8 Å². The van der Waals surface area contributed by atoms with E-state index in [0.29, 0.717) is 42.7 Å². The van der Waals surface area contributed by atoms with Crippen LogP contribution in [0.15, 0.2) is 42.5 Å². The van der Waals surface area contributed by atoms with E-state index in [0.717, 1.165) is 12.2 Å². The van der Waals surface area contributed by atoms with Gasteiger partial charge in [-0.1, -0.05) is 12.1 Å². The number of nitrogens with zero attached hydrogens (tertiary/aromatic N) is 2. The number of ether oxygens (including phenoxy) is 3. The normalized spacial score (nSPS) is 20.8. The van der Waals surface area contributed by atoms with Gasteiger partial charge in [0, 0.05) is 38.0 Å². The van der Waals surface area contributed by atoms with Crippen molar-refractivity contribution in [3.05, 3.63) is 48.0 Å². The number of methoxy groups -OCH3 is 3. The first-order chi connectivity index (χ1) is 15.0. The Balaban J connectivity index is 1.44. The molecule has 2 atom stereocenters. The van der Waals surface area contributed by atoms with Gasteiger partial charge >= 0.3 is 0 Å². The van der Waals surface area contributed by atoms with E-state index in [1.165, 1.54) is 5.56 Å². The minimum Gasteiger partial charge on any atom is -0.497 e. The Labute approximate surface area is 182 Å². The summed E-state index contributed by atoms with van der Waals surface area (Å²) in [4.78, 5) is 29.5. The van der Waals surface area contributed by atoms with Gasteiger partial charge in [-0.05, 0) is 36.2 Å². The van der Waals surface area contributed by atoms with E-state index >= 15 is 0 Å². The molecule has 2 aliphatic heterocycles. The van der Waals surface area contributed by atoms with Crippen LogP contribution < -0.4 is 19.1 Å². The number of rotatable bonds is 6. The lowest BCUT2D eigenvalue weighted by Crippen LogP contribution is -2.36.